The van der Waals surface area contributed by atoms with Crippen LogP contribution in [-0.4, -0.2) is 20.0 Å². The van der Waals surface area contributed by atoms with Crippen LogP contribution >= 0.6 is 22.9 Å². The van der Waals surface area contributed by atoms with Crippen molar-refractivity contribution < 1.29 is 17.6 Å². The van der Waals surface area contributed by atoms with E-state index in [0.717, 1.165) is 17.4 Å². The fourth-order valence-corrected chi connectivity index (χ4v) is 2.32. The molecule has 1 amide bonds. The van der Waals surface area contributed by atoms with Crippen LogP contribution in [0.2, 0.25) is 0 Å². The Morgan fingerprint density at radius 2 is 2.27 bits per heavy atom. The third kappa shape index (κ3) is 3.42. The molecular weight excluding hydrogens is 267 g/mol. The molecule has 0 saturated heterocycles. The topological polar surface area (TPSA) is 89.3 Å². The van der Waals surface area contributed by atoms with E-state index in [1.54, 1.807) is 0 Å². The van der Waals surface area contributed by atoms with Gasteiger partial charge in [0, 0.05) is 5.38 Å². The number of halogens is 2. The Hall–Kier alpha value is -0.700. The van der Waals surface area contributed by atoms with Crippen LogP contribution in [-0.2, 0) is 14.8 Å². The molecule has 1 aromatic heterocycles. The lowest BCUT2D eigenvalue weighted by Gasteiger charge is -2.00. The summed E-state index contributed by atoms with van der Waals surface area (Å²) in [5.41, 5.74) is -2.04. The molecule has 84 valence electrons. The zero-order valence-electron chi connectivity index (χ0n) is 7.11. The number of carbonyl (C=O) groups is 1. The van der Waals surface area contributed by atoms with Crippen molar-refractivity contribution in [3.05, 3.63) is 11.4 Å². The van der Waals surface area contributed by atoms with E-state index in [9.17, 15) is 17.6 Å². The largest absolute Gasteiger partial charge is 0.322 e. The first-order valence-electron chi connectivity index (χ1n) is 3.51. The van der Waals surface area contributed by atoms with Crippen LogP contribution in [0.1, 0.15) is 0 Å². The maximum Gasteiger partial charge on any atom is 0.274 e. The second-order valence-electron chi connectivity index (χ2n) is 2.49. The lowest BCUT2D eigenvalue weighted by molar-refractivity contribution is -0.118. The number of rotatable bonds is 3. The first-order chi connectivity index (χ1) is 6.80. The SMILES string of the molecule is NS(=O)(=O)c1cc(NC(=O)C(F)Cl)cs1. The zero-order valence-corrected chi connectivity index (χ0v) is 9.50. The lowest BCUT2D eigenvalue weighted by atomic mass is 10.5. The average Bonchev–Trinajstić information content (AvgIpc) is 2.51. The number of hydrogen-bond acceptors (Lipinski definition) is 4. The Bertz CT molecular complexity index is 470. The van der Waals surface area contributed by atoms with Gasteiger partial charge in [-0.05, 0) is 6.07 Å². The van der Waals surface area contributed by atoms with Gasteiger partial charge in [0.15, 0.2) is 0 Å². The van der Waals surface area contributed by atoms with Crippen molar-refractivity contribution in [2.75, 3.05) is 5.32 Å². The minimum atomic E-state index is -3.80. The number of hydrogen-bond donors (Lipinski definition) is 2. The number of thiophene rings is 1. The number of sulfonamides is 1. The Kier molecular flexibility index (Phi) is 3.66. The van der Waals surface area contributed by atoms with Gasteiger partial charge in [-0.2, -0.15) is 0 Å². The highest BCUT2D eigenvalue weighted by Crippen LogP contribution is 2.23. The summed E-state index contributed by atoms with van der Waals surface area (Å²) in [6, 6.07) is 1.12. The number of amides is 1. The van der Waals surface area contributed by atoms with Crippen molar-refractivity contribution in [2.24, 2.45) is 5.14 Å². The molecule has 0 aliphatic carbocycles. The van der Waals surface area contributed by atoms with Crippen LogP contribution < -0.4 is 10.5 Å². The summed E-state index contributed by atoms with van der Waals surface area (Å²) < 4.78 is 33.8. The summed E-state index contributed by atoms with van der Waals surface area (Å²) in [5.74, 6) is -1.06. The van der Waals surface area contributed by atoms with Gasteiger partial charge in [-0.15, -0.1) is 11.3 Å². The second-order valence-corrected chi connectivity index (χ2v) is 5.57. The number of anilines is 1. The molecule has 1 rings (SSSR count). The van der Waals surface area contributed by atoms with E-state index in [1.807, 2.05) is 0 Å². The summed E-state index contributed by atoms with van der Waals surface area (Å²) in [6.07, 6.45) is 0. The summed E-state index contributed by atoms with van der Waals surface area (Å²) in [4.78, 5) is 10.8. The Morgan fingerprint density at radius 1 is 1.67 bits per heavy atom. The van der Waals surface area contributed by atoms with Gasteiger partial charge in [-0.3, -0.25) is 4.79 Å². The van der Waals surface area contributed by atoms with E-state index in [0.29, 0.717) is 0 Å². The van der Waals surface area contributed by atoms with Crippen molar-refractivity contribution in [3.63, 3.8) is 0 Å². The van der Waals surface area contributed by atoms with E-state index < -0.39 is 21.6 Å². The van der Waals surface area contributed by atoms with E-state index in [-0.39, 0.29) is 9.90 Å². The molecule has 1 unspecified atom stereocenters. The molecule has 0 aromatic carbocycles. The molecule has 5 nitrogen and oxygen atoms in total. The molecule has 9 heteroatoms. The molecule has 0 fully saturated rings. The summed E-state index contributed by atoms with van der Waals surface area (Å²) >= 11 is 5.67. The van der Waals surface area contributed by atoms with E-state index in [1.165, 1.54) is 5.38 Å². The number of carbonyl (C=O) groups excluding carboxylic acids is 1. The second kappa shape index (κ2) is 4.44. The predicted octanol–water partition coefficient (Wildman–Crippen LogP) is 0.868. The summed E-state index contributed by atoms with van der Waals surface area (Å²) in [7, 11) is -3.80. The van der Waals surface area contributed by atoms with Crippen molar-refractivity contribution in [1.82, 2.24) is 0 Å². The fraction of sp³-hybridized carbons (Fsp3) is 0.167. The van der Waals surface area contributed by atoms with Crippen molar-refractivity contribution in [3.8, 4) is 0 Å². The number of alkyl halides is 2. The van der Waals surface area contributed by atoms with Crippen molar-refractivity contribution >= 4 is 44.6 Å². The first kappa shape index (κ1) is 12.4. The summed E-state index contributed by atoms with van der Waals surface area (Å²) in [6.45, 7) is 0. The molecule has 0 radical (unpaired) electrons. The van der Waals surface area contributed by atoms with Crippen LogP contribution in [0.25, 0.3) is 0 Å². The highest BCUT2D eigenvalue weighted by molar-refractivity contribution is 7.91. The maximum absolute atomic E-state index is 12.2. The molecule has 0 bridgehead atoms. The zero-order chi connectivity index (χ0) is 11.6. The number of nitrogens with two attached hydrogens (primary N) is 1. The third-order valence-corrected chi connectivity index (χ3v) is 3.91. The maximum atomic E-state index is 12.2. The predicted molar refractivity (Wildman–Crippen MR) is 55.1 cm³/mol. The van der Waals surface area contributed by atoms with Crippen LogP contribution in [0.4, 0.5) is 10.1 Å². The number of primary sulfonamides is 1. The van der Waals surface area contributed by atoms with E-state index in [4.69, 9.17) is 16.7 Å². The molecule has 3 N–H and O–H groups in total. The van der Waals surface area contributed by atoms with Gasteiger partial charge in [0.25, 0.3) is 11.5 Å². The molecule has 0 spiro atoms. The van der Waals surface area contributed by atoms with Crippen LogP contribution in [0, 0.1) is 0 Å². The highest BCUT2D eigenvalue weighted by Gasteiger charge is 2.16. The van der Waals surface area contributed by atoms with Gasteiger partial charge in [0.2, 0.25) is 10.0 Å². The van der Waals surface area contributed by atoms with Crippen LogP contribution in [0.3, 0.4) is 0 Å². The molecule has 1 atom stereocenters. The minimum Gasteiger partial charge on any atom is -0.322 e. The van der Waals surface area contributed by atoms with E-state index >= 15 is 0 Å². The third-order valence-electron chi connectivity index (χ3n) is 1.32. The minimum absolute atomic E-state index is 0.122. The lowest BCUT2D eigenvalue weighted by Crippen LogP contribution is -2.18. The molecule has 0 saturated carbocycles. The van der Waals surface area contributed by atoms with E-state index in [2.05, 4.69) is 5.32 Å². The molecule has 0 aliphatic heterocycles. The van der Waals surface area contributed by atoms with Gasteiger partial charge in [-0.1, -0.05) is 11.6 Å². The Balaban J connectivity index is 2.83. The van der Waals surface area contributed by atoms with Gasteiger partial charge >= 0.3 is 0 Å². The van der Waals surface area contributed by atoms with Crippen molar-refractivity contribution in [2.45, 2.75) is 9.84 Å². The number of nitrogens with one attached hydrogen (secondary N) is 1. The van der Waals surface area contributed by atoms with Crippen LogP contribution in [0.5, 0.6) is 0 Å². The van der Waals surface area contributed by atoms with Crippen LogP contribution in [0.15, 0.2) is 15.7 Å². The normalized spacial score (nSPS) is 13.5. The molecule has 1 aromatic rings. The Labute approximate surface area is 94.1 Å². The van der Waals surface area contributed by atoms with Gasteiger partial charge in [0.05, 0.1) is 5.69 Å². The standard InChI is InChI=1S/C6H6ClFN2O3S2/c7-5(8)6(11)10-3-1-4(14-2-3)15(9,12)13/h1-2,5H,(H,10,11)(H2,9,12,13). The quantitative estimate of drug-likeness (QED) is 0.800. The van der Waals surface area contributed by atoms with Gasteiger partial charge in [-0.25, -0.2) is 17.9 Å². The fourth-order valence-electron chi connectivity index (χ4n) is 0.728. The molecule has 15 heavy (non-hydrogen) atoms. The van der Waals surface area contributed by atoms with Crippen molar-refractivity contribution in [1.29, 1.82) is 0 Å². The first-order valence-corrected chi connectivity index (χ1v) is 6.37. The smallest absolute Gasteiger partial charge is 0.274 e. The average molecular weight is 273 g/mol. The molecule has 1 heterocycles. The Morgan fingerprint density at radius 3 is 2.67 bits per heavy atom. The summed E-state index contributed by atoms with van der Waals surface area (Å²) in [5, 5.41) is 8.23. The van der Waals surface area contributed by atoms with Gasteiger partial charge < -0.3 is 5.32 Å². The molecule has 0 aliphatic rings. The molecular formula is C6H6ClFN2O3S2. The monoisotopic (exact) mass is 272 g/mol. The highest BCUT2D eigenvalue weighted by atomic mass is 35.5. The van der Waals surface area contributed by atoms with Gasteiger partial charge in [0.1, 0.15) is 4.21 Å².